The predicted octanol–water partition coefficient (Wildman–Crippen LogP) is 2.79. The Labute approximate surface area is 71.9 Å². The summed E-state index contributed by atoms with van der Waals surface area (Å²) in [7, 11) is 0.798. The second-order valence-electron chi connectivity index (χ2n) is 3.30. The van der Waals surface area contributed by atoms with Crippen LogP contribution in [0, 0.1) is 0 Å². The third-order valence-corrected chi connectivity index (χ3v) is 9.51. The fourth-order valence-electron chi connectivity index (χ4n) is 1.86. The normalized spacial score (nSPS) is 16.5. The van der Waals surface area contributed by atoms with Crippen LogP contribution in [-0.2, 0) is 4.74 Å². The summed E-state index contributed by atoms with van der Waals surface area (Å²) in [5.74, 6) is 0.530. The molecule has 0 aliphatic carbocycles. The molecule has 0 radical (unpaired) electrons. The van der Waals surface area contributed by atoms with Crippen molar-refractivity contribution in [3.8, 4) is 0 Å². The Morgan fingerprint density at radius 3 is 1.55 bits per heavy atom. The second kappa shape index (κ2) is 5.11. The van der Waals surface area contributed by atoms with Crippen molar-refractivity contribution < 1.29 is 4.74 Å². The molecule has 0 saturated heterocycles. The Balaban J connectivity index is 4.26. The molecule has 0 fully saturated rings. The fourth-order valence-corrected chi connectivity index (χ4v) is 5.59. The number of hydrogen-bond donors (Lipinski definition) is 0. The third-order valence-electron chi connectivity index (χ3n) is 3.33. The Morgan fingerprint density at radius 1 is 1.09 bits per heavy atom. The molecule has 0 aliphatic heterocycles. The number of ether oxygens (including phenoxy) is 1. The molecule has 0 aromatic rings. The van der Waals surface area contributed by atoms with Crippen molar-refractivity contribution in [2.45, 2.75) is 33.5 Å². The topological polar surface area (TPSA) is 9.23 Å². The van der Waals surface area contributed by atoms with Crippen LogP contribution in [0.5, 0.6) is 0 Å². The van der Waals surface area contributed by atoms with Gasteiger partial charge < -0.3 is 0 Å². The molecular weight excluding hydrogens is 155 g/mol. The van der Waals surface area contributed by atoms with Gasteiger partial charge in [-0.2, -0.15) is 0 Å². The van der Waals surface area contributed by atoms with Crippen LogP contribution >= 0.6 is 7.26 Å². The van der Waals surface area contributed by atoms with E-state index in [-0.39, 0.29) is 0 Å². The van der Waals surface area contributed by atoms with E-state index in [1.807, 2.05) is 7.11 Å². The van der Waals surface area contributed by atoms with E-state index in [9.17, 15) is 0 Å². The van der Waals surface area contributed by atoms with E-state index in [0.29, 0.717) is 5.85 Å². The van der Waals surface area contributed by atoms with Gasteiger partial charge in [0, 0.05) is 0 Å². The van der Waals surface area contributed by atoms with Crippen molar-refractivity contribution >= 4 is 7.26 Å². The standard InChI is InChI=1S/C9H23OP/c1-6-11(7-2,8-3)9(4)10-5/h9,11H,6-8H2,1-5H3. The Kier molecular flexibility index (Phi) is 5.29. The first-order chi connectivity index (χ1) is 5.16. The Bertz CT molecular complexity index is 91.5. The molecular formula is C9H23OP. The van der Waals surface area contributed by atoms with Crippen LogP contribution in [-0.4, -0.2) is 31.4 Å². The van der Waals surface area contributed by atoms with Crippen molar-refractivity contribution in [1.82, 2.24) is 0 Å². The summed E-state index contributed by atoms with van der Waals surface area (Å²) in [6.07, 6.45) is 4.07. The van der Waals surface area contributed by atoms with E-state index in [1.165, 1.54) is 18.5 Å². The van der Waals surface area contributed by atoms with Crippen LogP contribution in [0.3, 0.4) is 0 Å². The van der Waals surface area contributed by atoms with Crippen molar-refractivity contribution in [2.75, 3.05) is 25.6 Å². The monoisotopic (exact) mass is 178 g/mol. The summed E-state index contributed by atoms with van der Waals surface area (Å²) in [6, 6.07) is 0. The summed E-state index contributed by atoms with van der Waals surface area (Å²) in [5, 5.41) is 0. The van der Waals surface area contributed by atoms with Gasteiger partial charge in [-0.3, -0.25) is 0 Å². The quantitative estimate of drug-likeness (QED) is 0.588. The minimum absolute atomic E-state index is 0.530. The summed E-state index contributed by atoms with van der Waals surface area (Å²) in [6.45, 7) is 9.18. The van der Waals surface area contributed by atoms with E-state index in [0.717, 1.165) is 0 Å². The molecule has 0 spiro atoms. The maximum atomic E-state index is 5.45. The summed E-state index contributed by atoms with van der Waals surface area (Å²) < 4.78 is 5.45. The van der Waals surface area contributed by atoms with E-state index in [2.05, 4.69) is 27.7 Å². The first-order valence-electron chi connectivity index (χ1n) is 4.69. The van der Waals surface area contributed by atoms with Crippen LogP contribution < -0.4 is 0 Å². The SMILES string of the molecule is CC[PH](CC)(CC)C(C)OC. The molecule has 0 bridgehead atoms. The zero-order valence-electron chi connectivity index (χ0n) is 8.61. The van der Waals surface area contributed by atoms with Gasteiger partial charge >= 0.3 is 71.1 Å². The van der Waals surface area contributed by atoms with Gasteiger partial charge in [0.25, 0.3) is 0 Å². The molecule has 2 heteroatoms. The minimum atomic E-state index is -1.04. The molecule has 1 unspecified atom stereocenters. The fraction of sp³-hybridized carbons (Fsp3) is 1.00. The van der Waals surface area contributed by atoms with Gasteiger partial charge in [-0.05, 0) is 0 Å². The average Bonchev–Trinajstić information content (AvgIpc) is 2.08. The Morgan fingerprint density at radius 2 is 1.45 bits per heavy atom. The number of methoxy groups -OCH3 is 1. The number of hydrogen-bond acceptors (Lipinski definition) is 1. The molecule has 1 atom stereocenters. The maximum absolute atomic E-state index is 5.45. The molecule has 0 heterocycles. The molecule has 1 nitrogen and oxygen atoms in total. The summed E-state index contributed by atoms with van der Waals surface area (Å²) in [4.78, 5) is 0. The average molecular weight is 178 g/mol. The van der Waals surface area contributed by atoms with Crippen LogP contribution in [0.4, 0.5) is 0 Å². The van der Waals surface area contributed by atoms with E-state index < -0.39 is 7.26 Å². The molecule has 0 aromatic heterocycles. The number of rotatable bonds is 5. The molecule has 11 heavy (non-hydrogen) atoms. The van der Waals surface area contributed by atoms with Crippen molar-refractivity contribution in [1.29, 1.82) is 0 Å². The van der Waals surface area contributed by atoms with Crippen LogP contribution in [0.1, 0.15) is 27.7 Å². The molecule has 0 aliphatic rings. The van der Waals surface area contributed by atoms with Crippen LogP contribution in [0.2, 0.25) is 0 Å². The summed E-state index contributed by atoms with van der Waals surface area (Å²) >= 11 is 0. The zero-order valence-corrected chi connectivity index (χ0v) is 9.61. The van der Waals surface area contributed by atoms with Gasteiger partial charge in [0.15, 0.2) is 0 Å². The van der Waals surface area contributed by atoms with Crippen molar-refractivity contribution in [3.63, 3.8) is 0 Å². The first-order valence-corrected chi connectivity index (χ1v) is 7.39. The van der Waals surface area contributed by atoms with Gasteiger partial charge in [-0.1, -0.05) is 0 Å². The predicted molar refractivity (Wildman–Crippen MR) is 56.4 cm³/mol. The van der Waals surface area contributed by atoms with Crippen LogP contribution in [0.15, 0.2) is 0 Å². The van der Waals surface area contributed by atoms with Gasteiger partial charge in [-0.15, -0.1) is 0 Å². The Hall–Kier alpha value is 0.390. The van der Waals surface area contributed by atoms with E-state index in [4.69, 9.17) is 4.74 Å². The van der Waals surface area contributed by atoms with Crippen molar-refractivity contribution in [2.24, 2.45) is 0 Å². The summed E-state index contributed by atoms with van der Waals surface area (Å²) in [5.41, 5.74) is 0. The van der Waals surface area contributed by atoms with Gasteiger partial charge in [0.2, 0.25) is 0 Å². The molecule has 0 saturated carbocycles. The van der Waals surface area contributed by atoms with Crippen molar-refractivity contribution in [3.05, 3.63) is 0 Å². The van der Waals surface area contributed by atoms with Gasteiger partial charge in [0.05, 0.1) is 0 Å². The molecule has 0 aromatic carbocycles. The van der Waals surface area contributed by atoms with E-state index >= 15 is 0 Å². The molecule has 0 N–H and O–H groups in total. The van der Waals surface area contributed by atoms with Gasteiger partial charge in [0.1, 0.15) is 0 Å². The molecule has 0 rings (SSSR count). The zero-order chi connectivity index (χ0) is 8.91. The van der Waals surface area contributed by atoms with E-state index in [1.54, 1.807) is 0 Å². The van der Waals surface area contributed by atoms with Crippen LogP contribution in [0.25, 0.3) is 0 Å². The third kappa shape index (κ3) is 2.42. The first kappa shape index (κ1) is 11.4. The second-order valence-corrected chi connectivity index (χ2v) is 8.96. The molecule has 0 amide bonds. The molecule has 70 valence electrons. The van der Waals surface area contributed by atoms with Gasteiger partial charge in [-0.25, -0.2) is 0 Å².